The van der Waals surface area contributed by atoms with E-state index in [-0.39, 0.29) is 11.7 Å². The molecule has 2 aromatic rings. The molecule has 1 fully saturated rings. The van der Waals surface area contributed by atoms with Crippen LogP contribution < -0.4 is 10.6 Å². The summed E-state index contributed by atoms with van der Waals surface area (Å²) >= 11 is 1.43. The van der Waals surface area contributed by atoms with E-state index < -0.39 is 0 Å². The van der Waals surface area contributed by atoms with E-state index in [9.17, 15) is 9.18 Å². The Morgan fingerprint density at radius 2 is 2.38 bits per heavy atom. The number of amides is 1. The molecule has 1 atom stereocenters. The number of halogens is 1. The zero-order valence-electron chi connectivity index (χ0n) is 12.0. The quantitative estimate of drug-likeness (QED) is 0.911. The summed E-state index contributed by atoms with van der Waals surface area (Å²) in [5.74, 6) is 0.368. The van der Waals surface area contributed by atoms with Crippen molar-refractivity contribution in [3.05, 3.63) is 34.5 Å². The van der Waals surface area contributed by atoms with Gasteiger partial charge in [0.1, 0.15) is 5.82 Å². The van der Waals surface area contributed by atoms with Crippen molar-refractivity contribution < 1.29 is 9.18 Å². The average molecular weight is 306 g/mol. The highest BCUT2D eigenvalue weighted by atomic mass is 32.1. The van der Waals surface area contributed by atoms with Crippen LogP contribution in [-0.4, -0.2) is 25.5 Å². The van der Waals surface area contributed by atoms with E-state index >= 15 is 0 Å². The fraction of sp³-hybridized carbons (Fsp3) is 0.438. The maximum Gasteiger partial charge on any atom is 0.261 e. The Morgan fingerprint density at radius 1 is 1.52 bits per heavy atom. The lowest BCUT2D eigenvalue weighted by atomic mass is 10.1. The van der Waals surface area contributed by atoms with E-state index in [4.69, 9.17) is 0 Å². The van der Waals surface area contributed by atoms with Crippen molar-refractivity contribution >= 4 is 27.3 Å². The number of aryl methyl sites for hydroxylation is 1. The van der Waals surface area contributed by atoms with E-state index in [0.29, 0.717) is 17.3 Å². The van der Waals surface area contributed by atoms with Gasteiger partial charge in [0.2, 0.25) is 0 Å². The van der Waals surface area contributed by atoms with Crippen molar-refractivity contribution in [2.75, 3.05) is 19.6 Å². The van der Waals surface area contributed by atoms with Gasteiger partial charge in [0.15, 0.2) is 0 Å². The maximum absolute atomic E-state index is 13.3. The first-order chi connectivity index (χ1) is 10.1. The van der Waals surface area contributed by atoms with Crippen LogP contribution in [0.15, 0.2) is 18.2 Å². The maximum atomic E-state index is 13.3. The average Bonchev–Trinajstić information content (AvgIpc) is 3.08. The Morgan fingerprint density at radius 3 is 3.14 bits per heavy atom. The lowest BCUT2D eigenvalue weighted by Gasteiger charge is -2.09. The van der Waals surface area contributed by atoms with Crippen molar-refractivity contribution in [2.24, 2.45) is 5.92 Å². The molecule has 1 amide bonds. The molecule has 1 aliphatic rings. The Labute approximate surface area is 127 Å². The zero-order chi connectivity index (χ0) is 14.8. The van der Waals surface area contributed by atoms with Crippen LogP contribution >= 0.6 is 11.3 Å². The summed E-state index contributed by atoms with van der Waals surface area (Å²) in [5, 5.41) is 7.16. The number of hydrogen-bond donors (Lipinski definition) is 2. The lowest BCUT2D eigenvalue weighted by Crippen LogP contribution is -2.26. The van der Waals surface area contributed by atoms with Crippen molar-refractivity contribution in [3.63, 3.8) is 0 Å². The van der Waals surface area contributed by atoms with Crippen LogP contribution in [0.2, 0.25) is 0 Å². The molecule has 0 aliphatic carbocycles. The first kappa shape index (κ1) is 14.5. The Hall–Kier alpha value is -1.46. The number of thiophene rings is 1. The van der Waals surface area contributed by atoms with Gasteiger partial charge < -0.3 is 10.6 Å². The highest BCUT2D eigenvalue weighted by molar-refractivity contribution is 7.21. The molecule has 1 unspecified atom stereocenters. The number of benzene rings is 1. The number of rotatable bonds is 4. The van der Waals surface area contributed by atoms with Crippen LogP contribution in [0.1, 0.15) is 28.1 Å². The molecular weight excluding hydrogens is 287 g/mol. The van der Waals surface area contributed by atoms with Crippen molar-refractivity contribution in [2.45, 2.75) is 19.8 Å². The summed E-state index contributed by atoms with van der Waals surface area (Å²) in [6, 6.07) is 4.68. The highest BCUT2D eigenvalue weighted by Gasteiger charge is 2.17. The van der Waals surface area contributed by atoms with Gasteiger partial charge in [-0.25, -0.2) is 4.39 Å². The molecule has 21 heavy (non-hydrogen) atoms. The summed E-state index contributed by atoms with van der Waals surface area (Å²) in [7, 11) is 0. The monoisotopic (exact) mass is 306 g/mol. The smallest absolute Gasteiger partial charge is 0.261 e. The molecule has 0 bridgehead atoms. The number of fused-ring (bicyclic) bond motifs is 1. The molecule has 0 spiro atoms. The standard InChI is InChI=1S/C16H19FN2OS/c1-10-13-8-12(17)2-3-14(13)21-15(10)16(20)19-7-5-11-4-6-18-9-11/h2-3,8,11,18H,4-7,9H2,1H3,(H,19,20). The van der Waals surface area contributed by atoms with Gasteiger partial charge in [-0.2, -0.15) is 0 Å². The van der Waals surface area contributed by atoms with Crippen molar-refractivity contribution in [1.82, 2.24) is 10.6 Å². The summed E-state index contributed by atoms with van der Waals surface area (Å²) < 4.78 is 14.3. The minimum Gasteiger partial charge on any atom is -0.351 e. The molecule has 0 saturated carbocycles. The zero-order valence-corrected chi connectivity index (χ0v) is 12.9. The van der Waals surface area contributed by atoms with Gasteiger partial charge in [0.25, 0.3) is 5.91 Å². The van der Waals surface area contributed by atoms with Gasteiger partial charge in [-0.3, -0.25) is 4.79 Å². The number of carbonyl (C=O) groups excluding carboxylic acids is 1. The molecule has 1 aromatic heterocycles. The van der Waals surface area contributed by atoms with E-state index in [1.807, 2.05) is 6.92 Å². The number of carbonyl (C=O) groups is 1. The summed E-state index contributed by atoms with van der Waals surface area (Å²) in [5.41, 5.74) is 0.870. The Balaban J connectivity index is 1.67. The molecule has 2 N–H and O–H groups in total. The fourth-order valence-corrected chi connectivity index (χ4v) is 3.95. The van der Waals surface area contributed by atoms with Gasteiger partial charge in [0, 0.05) is 11.2 Å². The molecule has 1 saturated heterocycles. The minimum absolute atomic E-state index is 0.0416. The van der Waals surface area contributed by atoms with E-state index in [2.05, 4.69) is 10.6 Å². The third-order valence-electron chi connectivity index (χ3n) is 4.10. The Kier molecular flexibility index (Phi) is 4.22. The van der Waals surface area contributed by atoms with Crippen molar-refractivity contribution in [3.8, 4) is 0 Å². The van der Waals surface area contributed by atoms with Crippen LogP contribution in [0.5, 0.6) is 0 Å². The van der Waals surface area contributed by atoms with Crippen LogP contribution in [0.3, 0.4) is 0 Å². The second-order valence-electron chi connectivity index (χ2n) is 5.60. The molecule has 3 rings (SSSR count). The van der Waals surface area contributed by atoms with Crippen LogP contribution in [0.25, 0.3) is 10.1 Å². The van der Waals surface area contributed by atoms with Gasteiger partial charge >= 0.3 is 0 Å². The van der Waals surface area contributed by atoms with Crippen LogP contribution in [0, 0.1) is 18.7 Å². The van der Waals surface area contributed by atoms with Gasteiger partial charge in [0.05, 0.1) is 4.88 Å². The van der Waals surface area contributed by atoms with Crippen molar-refractivity contribution in [1.29, 1.82) is 0 Å². The number of nitrogens with one attached hydrogen (secondary N) is 2. The molecule has 1 aromatic carbocycles. The minimum atomic E-state index is -0.260. The SMILES string of the molecule is Cc1c(C(=O)NCCC2CCNC2)sc2ccc(F)cc12. The third kappa shape index (κ3) is 3.09. The van der Waals surface area contributed by atoms with Gasteiger partial charge in [-0.1, -0.05) is 0 Å². The van der Waals surface area contributed by atoms with E-state index in [1.165, 1.54) is 29.9 Å². The van der Waals surface area contributed by atoms with Gasteiger partial charge in [-0.05, 0) is 67.9 Å². The third-order valence-corrected chi connectivity index (χ3v) is 5.38. The molecule has 1 aliphatic heterocycles. The fourth-order valence-electron chi connectivity index (χ4n) is 2.84. The molecule has 3 nitrogen and oxygen atoms in total. The van der Waals surface area contributed by atoms with Crippen LogP contribution in [0.4, 0.5) is 4.39 Å². The first-order valence-electron chi connectivity index (χ1n) is 7.32. The molecule has 5 heteroatoms. The second-order valence-corrected chi connectivity index (χ2v) is 6.65. The predicted molar refractivity (Wildman–Crippen MR) is 84.4 cm³/mol. The van der Waals surface area contributed by atoms with Gasteiger partial charge in [-0.15, -0.1) is 11.3 Å². The largest absolute Gasteiger partial charge is 0.351 e. The van der Waals surface area contributed by atoms with E-state index in [0.717, 1.165) is 35.2 Å². The van der Waals surface area contributed by atoms with E-state index in [1.54, 1.807) is 6.07 Å². The molecule has 2 heterocycles. The summed E-state index contributed by atoms with van der Waals surface area (Å²) in [4.78, 5) is 13.0. The molecular formula is C16H19FN2OS. The normalized spacial score (nSPS) is 18.3. The molecule has 112 valence electrons. The summed E-state index contributed by atoms with van der Waals surface area (Å²) in [6.07, 6.45) is 2.20. The van der Waals surface area contributed by atoms with Crippen LogP contribution in [-0.2, 0) is 0 Å². The lowest BCUT2D eigenvalue weighted by molar-refractivity contribution is 0.0955. The highest BCUT2D eigenvalue weighted by Crippen LogP contribution is 2.31. The predicted octanol–water partition coefficient (Wildman–Crippen LogP) is 3.08. The topological polar surface area (TPSA) is 41.1 Å². The number of hydrogen-bond acceptors (Lipinski definition) is 3. The first-order valence-corrected chi connectivity index (χ1v) is 8.14. The molecule has 0 radical (unpaired) electrons. The summed E-state index contributed by atoms with van der Waals surface area (Å²) in [6.45, 7) is 4.72. The second kappa shape index (κ2) is 6.12. The Bertz CT molecular complexity index is 662.